The Bertz CT molecular complexity index is 433. The van der Waals surface area contributed by atoms with E-state index in [1.54, 1.807) is 10.9 Å². The van der Waals surface area contributed by atoms with Crippen molar-refractivity contribution in [2.45, 2.75) is 58.7 Å². The first-order valence-corrected chi connectivity index (χ1v) is 6.98. The zero-order chi connectivity index (χ0) is 13.3. The standard InChI is InChI=1S/C13H20ClN3O/c1-4-16-8-11(14)12(15-16)13(18)17-9(2)6-5-7-10(17)3/h8-10H,4-7H2,1-3H3. The van der Waals surface area contributed by atoms with Gasteiger partial charge in [0, 0.05) is 24.8 Å². The summed E-state index contributed by atoms with van der Waals surface area (Å²) < 4.78 is 1.70. The van der Waals surface area contributed by atoms with Crippen molar-refractivity contribution in [2.75, 3.05) is 0 Å². The Morgan fingerprint density at radius 1 is 1.44 bits per heavy atom. The van der Waals surface area contributed by atoms with Gasteiger partial charge >= 0.3 is 0 Å². The highest BCUT2D eigenvalue weighted by molar-refractivity contribution is 6.33. The minimum Gasteiger partial charge on any atom is -0.332 e. The van der Waals surface area contributed by atoms with E-state index in [9.17, 15) is 4.79 Å². The number of rotatable bonds is 2. The first-order valence-electron chi connectivity index (χ1n) is 6.60. The van der Waals surface area contributed by atoms with Crippen molar-refractivity contribution in [1.29, 1.82) is 0 Å². The molecule has 4 nitrogen and oxygen atoms in total. The summed E-state index contributed by atoms with van der Waals surface area (Å²) in [6.45, 7) is 6.89. The van der Waals surface area contributed by atoms with Crippen LogP contribution in [0.2, 0.25) is 5.02 Å². The van der Waals surface area contributed by atoms with Crippen LogP contribution in [0.4, 0.5) is 0 Å². The van der Waals surface area contributed by atoms with Crippen molar-refractivity contribution in [3.63, 3.8) is 0 Å². The Balaban J connectivity index is 2.26. The molecule has 0 saturated carbocycles. The molecule has 1 aromatic rings. The number of nitrogens with zero attached hydrogens (tertiary/aromatic N) is 3. The number of halogens is 1. The molecule has 1 aliphatic heterocycles. The summed E-state index contributed by atoms with van der Waals surface area (Å²) in [6, 6.07) is 0.535. The monoisotopic (exact) mass is 269 g/mol. The fourth-order valence-electron chi connectivity index (χ4n) is 2.65. The molecule has 0 aromatic carbocycles. The summed E-state index contributed by atoms with van der Waals surface area (Å²) in [4.78, 5) is 14.5. The van der Waals surface area contributed by atoms with Crippen molar-refractivity contribution in [3.05, 3.63) is 16.9 Å². The summed E-state index contributed by atoms with van der Waals surface area (Å²) in [6.07, 6.45) is 5.02. The minimum absolute atomic E-state index is 0.0353. The summed E-state index contributed by atoms with van der Waals surface area (Å²) in [5, 5.41) is 4.72. The van der Waals surface area contributed by atoms with E-state index in [4.69, 9.17) is 11.6 Å². The second kappa shape index (κ2) is 5.31. The first kappa shape index (κ1) is 13.4. The molecular formula is C13H20ClN3O. The van der Waals surface area contributed by atoms with Crippen LogP contribution in [0.25, 0.3) is 0 Å². The van der Waals surface area contributed by atoms with Crippen LogP contribution in [0.15, 0.2) is 6.20 Å². The van der Waals surface area contributed by atoms with Gasteiger partial charge in [0.2, 0.25) is 0 Å². The third-order valence-corrected chi connectivity index (χ3v) is 3.95. The Morgan fingerprint density at radius 3 is 2.56 bits per heavy atom. The van der Waals surface area contributed by atoms with Crippen molar-refractivity contribution < 1.29 is 4.79 Å². The van der Waals surface area contributed by atoms with Crippen LogP contribution in [-0.2, 0) is 6.54 Å². The average Bonchev–Trinajstić information content (AvgIpc) is 2.70. The average molecular weight is 270 g/mol. The highest BCUT2D eigenvalue weighted by Crippen LogP contribution is 2.26. The predicted octanol–water partition coefficient (Wildman–Crippen LogP) is 2.96. The van der Waals surface area contributed by atoms with Crippen molar-refractivity contribution in [3.8, 4) is 0 Å². The number of hydrogen-bond acceptors (Lipinski definition) is 2. The Kier molecular flexibility index (Phi) is 3.95. The van der Waals surface area contributed by atoms with E-state index in [0.29, 0.717) is 10.7 Å². The van der Waals surface area contributed by atoms with Crippen LogP contribution in [0.5, 0.6) is 0 Å². The maximum atomic E-state index is 12.5. The highest BCUT2D eigenvalue weighted by Gasteiger charge is 2.32. The molecule has 100 valence electrons. The molecular weight excluding hydrogens is 250 g/mol. The van der Waals surface area contributed by atoms with E-state index < -0.39 is 0 Å². The van der Waals surface area contributed by atoms with Crippen LogP contribution in [0, 0.1) is 0 Å². The summed E-state index contributed by atoms with van der Waals surface area (Å²) >= 11 is 6.10. The molecule has 1 saturated heterocycles. The van der Waals surface area contributed by atoms with Crippen molar-refractivity contribution in [2.24, 2.45) is 0 Å². The lowest BCUT2D eigenvalue weighted by molar-refractivity contribution is 0.0504. The van der Waals surface area contributed by atoms with Crippen molar-refractivity contribution >= 4 is 17.5 Å². The smallest absolute Gasteiger partial charge is 0.276 e. The maximum Gasteiger partial charge on any atom is 0.276 e. The number of piperidine rings is 1. The first-order chi connectivity index (χ1) is 8.54. The quantitative estimate of drug-likeness (QED) is 0.828. The van der Waals surface area contributed by atoms with Gasteiger partial charge in [-0.3, -0.25) is 9.48 Å². The molecule has 0 N–H and O–H groups in total. The van der Waals surface area contributed by atoms with Gasteiger partial charge in [-0.2, -0.15) is 5.10 Å². The van der Waals surface area contributed by atoms with Gasteiger partial charge in [0.25, 0.3) is 5.91 Å². The number of carbonyl (C=O) groups excluding carboxylic acids is 1. The topological polar surface area (TPSA) is 38.1 Å². The Hall–Kier alpha value is -1.03. The molecule has 2 atom stereocenters. The zero-order valence-corrected chi connectivity index (χ0v) is 11.9. The van der Waals surface area contributed by atoms with Gasteiger partial charge in [0.1, 0.15) is 0 Å². The summed E-state index contributed by atoms with van der Waals surface area (Å²) in [5.41, 5.74) is 0.388. The van der Waals surface area contributed by atoms with E-state index in [1.165, 1.54) is 6.42 Å². The maximum absolute atomic E-state index is 12.5. The number of likely N-dealkylation sites (tertiary alicyclic amines) is 1. The van der Waals surface area contributed by atoms with E-state index >= 15 is 0 Å². The summed E-state index contributed by atoms with van der Waals surface area (Å²) in [7, 11) is 0. The van der Waals surface area contributed by atoms with Crippen LogP contribution >= 0.6 is 11.6 Å². The normalized spacial score (nSPS) is 24.3. The number of aromatic nitrogens is 2. The Morgan fingerprint density at radius 2 is 2.06 bits per heavy atom. The second-order valence-corrected chi connectivity index (χ2v) is 5.43. The molecule has 0 radical (unpaired) electrons. The fraction of sp³-hybridized carbons (Fsp3) is 0.692. The lowest BCUT2D eigenvalue weighted by Crippen LogP contribution is -2.47. The number of hydrogen-bond donors (Lipinski definition) is 0. The molecule has 0 spiro atoms. The van der Waals surface area contributed by atoms with Gasteiger partial charge < -0.3 is 4.90 Å². The van der Waals surface area contributed by atoms with E-state index in [1.807, 2.05) is 11.8 Å². The third kappa shape index (κ3) is 2.39. The van der Waals surface area contributed by atoms with E-state index in [2.05, 4.69) is 18.9 Å². The molecule has 2 unspecified atom stereocenters. The largest absolute Gasteiger partial charge is 0.332 e. The van der Waals surface area contributed by atoms with Gasteiger partial charge in [0.15, 0.2) is 5.69 Å². The lowest BCUT2D eigenvalue weighted by Gasteiger charge is -2.38. The van der Waals surface area contributed by atoms with E-state index in [0.717, 1.165) is 19.4 Å². The molecule has 1 fully saturated rings. The molecule has 2 heterocycles. The van der Waals surface area contributed by atoms with Crippen LogP contribution in [0.3, 0.4) is 0 Å². The molecule has 1 aliphatic rings. The van der Waals surface area contributed by atoms with Crippen molar-refractivity contribution in [1.82, 2.24) is 14.7 Å². The van der Waals surface area contributed by atoms with Gasteiger partial charge in [-0.05, 0) is 40.0 Å². The predicted molar refractivity (Wildman–Crippen MR) is 71.9 cm³/mol. The second-order valence-electron chi connectivity index (χ2n) is 5.02. The zero-order valence-electron chi connectivity index (χ0n) is 11.2. The lowest BCUT2D eigenvalue weighted by atomic mass is 9.97. The van der Waals surface area contributed by atoms with Crippen LogP contribution < -0.4 is 0 Å². The van der Waals surface area contributed by atoms with E-state index in [-0.39, 0.29) is 18.0 Å². The van der Waals surface area contributed by atoms with Gasteiger partial charge in [-0.25, -0.2) is 0 Å². The molecule has 18 heavy (non-hydrogen) atoms. The summed E-state index contributed by atoms with van der Waals surface area (Å²) in [5.74, 6) is -0.0353. The molecule has 0 bridgehead atoms. The molecule has 1 aromatic heterocycles. The van der Waals surface area contributed by atoms with Gasteiger partial charge in [-0.15, -0.1) is 0 Å². The molecule has 1 amide bonds. The molecule has 5 heteroatoms. The SMILES string of the molecule is CCn1cc(Cl)c(C(=O)N2C(C)CCCC2C)n1. The number of aryl methyl sites for hydroxylation is 1. The Labute approximate surface area is 113 Å². The number of amides is 1. The minimum atomic E-state index is -0.0353. The molecule has 0 aliphatic carbocycles. The third-order valence-electron chi connectivity index (χ3n) is 3.67. The molecule has 2 rings (SSSR count). The van der Waals surface area contributed by atoms with Gasteiger partial charge in [-0.1, -0.05) is 11.6 Å². The highest BCUT2D eigenvalue weighted by atomic mass is 35.5. The number of carbonyl (C=O) groups is 1. The van der Waals surface area contributed by atoms with Gasteiger partial charge in [0.05, 0.1) is 5.02 Å². The van der Waals surface area contributed by atoms with Crippen LogP contribution in [-0.4, -0.2) is 32.7 Å². The fourth-order valence-corrected chi connectivity index (χ4v) is 2.88. The van der Waals surface area contributed by atoms with Crippen LogP contribution in [0.1, 0.15) is 50.5 Å².